The predicted octanol–water partition coefficient (Wildman–Crippen LogP) is 5.44. The van der Waals surface area contributed by atoms with Gasteiger partial charge in [-0.2, -0.15) is 0 Å². The van der Waals surface area contributed by atoms with Crippen LogP contribution in [0.2, 0.25) is 0 Å². The SMILES string of the molecule is COC(=O)c1cc([N+](=O)[O-])cc2c1-c1ccc([N+](=O)[O-])cc1/C2=C1\SC(c2ccccc2)=C[Se]1. The van der Waals surface area contributed by atoms with E-state index in [9.17, 15) is 25.0 Å². The Morgan fingerprint density at radius 1 is 0.912 bits per heavy atom. The number of carbonyl (C=O) groups is 1. The number of hydrogen-bond acceptors (Lipinski definition) is 7. The molecule has 0 radical (unpaired) electrons. The fourth-order valence-electron chi connectivity index (χ4n) is 4.02. The molecular weight excluding hydrogens is 523 g/mol. The molecule has 3 aromatic rings. The van der Waals surface area contributed by atoms with Crippen LogP contribution >= 0.6 is 11.8 Å². The van der Waals surface area contributed by atoms with E-state index in [1.54, 1.807) is 17.8 Å². The second-order valence-electron chi connectivity index (χ2n) is 7.38. The third-order valence-corrected chi connectivity index (χ3v) is 9.44. The van der Waals surface area contributed by atoms with E-state index in [4.69, 9.17) is 4.74 Å². The molecule has 8 nitrogen and oxygen atoms in total. The zero-order chi connectivity index (χ0) is 24.0. The van der Waals surface area contributed by atoms with E-state index in [1.165, 1.54) is 31.4 Å². The molecule has 1 heterocycles. The van der Waals surface area contributed by atoms with Crippen LogP contribution < -0.4 is 0 Å². The van der Waals surface area contributed by atoms with E-state index in [1.807, 2.05) is 30.3 Å². The summed E-state index contributed by atoms with van der Waals surface area (Å²) in [5, 5.41) is 23.2. The van der Waals surface area contributed by atoms with E-state index in [2.05, 4.69) is 4.97 Å². The third-order valence-electron chi connectivity index (χ3n) is 5.50. The maximum absolute atomic E-state index is 12.6. The molecule has 0 aromatic heterocycles. The van der Waals surface area contributed by atoms with Crippen molar-refractivity contribution in [1.82, 2.24) is 0 Å². The zero-order valence-corrected chi connectivity index (χ0v) is 20.0. The van der Waals surface area contributed by atoms with Crippen LogP contribution in [0.25, 0.3) is 21.6 Å². The molecular formula is C24H14N2O6SSe. The molecule has 168 valence electrons. The van der Waals surface area contributed by atoms with Crippen LogP contribution in [0, 0.1) is 20.2 Å². The maximum atomic E-state index is 12.6. The number of nitro groups is 2. The Hall–Kier alpha value is -3.72. The van der Waals surface area contributed by atoms with E-state index >= 15 is 0 Å². The zero-order valence-electron chi connectivity index (χ0n) is 17.5. The molecule has 10 heteroatoms. The number of benzene rings is 3. The summed E-state index contributed by atoms with van der Waals surface area (Å²) < 4.78 is 5.87. The van der Waals surface area contributed by atoms with Gasteiger partial charge in [-0.1, -0.05) is 0 Å². The van der Waals surface area contributed by atoms with Crippen molar-refractivity contribution < 1.29 is 19.4 Å². The van der Waals surface area contributed by atoms with Gasteiger partial charge in [-0.05, 0) is 0 Å². The molecule has 34 heavy (non-hydrogen) atoms. The topological polar surface area (TPSA) is 113 Å². The summed E-state index contributed by atoms with van der Waals surface area (Å²) >= 11 is 1.44. The van der Waals surface area contributed by atoms with Crippen LogP contribution in [0.4, 0.5) is 11.4 Å². The van der Waals surface area contributed by atoms with Gasteiger partial charge >= 0.3 is 204 Å². The Balaban J connectivity index is 1.77. The third kappa shape index (κ3) is 3.62. The van der Waals surface area contributed by atoms with E-state index in [-0.39, 0.29) is 31.9 Å². The van der Waals surface area contributed by atoms with Gasteiger partial charge in [-0.3, -0.25) is 0 Å². The number of esters is 1. The van der Waals surface area contributed by atoms with Gasteiger partial charge in [0, 0.05) is 0 Å². The standard InChI is InChI=1S/C24H14N2O6SSe/c1-32-23(27)19-11-15(26(30)31)10-18-21(19)16-8-7-14(25(28)29)9-17(16)22(18)24-33-20(12-34-24)13-5-3-2-4-6-13/h2-12H,1H3/b24-22-. The van der Waals surface area contributed by atoms with Gasteiger partial charge in [0.2, 0.25) is 0 Å². The second-order valence-corrected chi connectivity index (χ2v) is 10.9. The fourth-order valence-corrected chi connectivity index (χ4v) is 8.01. The van der Waals surface area contributed by atoms with Gasteiger partial charge in [-0.25, -0.2) is 0 Å². The van der Waals surface area contributed by atoms with Crippen LogP contribution in [0.1, 0.15) is 27.0 Å². The number of thioether (sulfide) groups is 1. The first-order valence-electron chi connectivity index (χ1n) is 9.93. The molecule has 3 aromatic carbocycles. The molecule has 0 unspecified atom stereocenters. The van der Waals surface area contributed by atoms with Crippen LogP contribution in [0.15, 0.2) is 69.4 Å². The summed E-state index contributed by atoms with van der Waals surface area (Å²) in [5.41, 5.74) is 3.67. The van der Waals surface area contributed by atoms with Crippen LogP contribution in [-0.2, 0) is 4.74 Å². The van der Waals surface area contributed by atoms with Gasteiger partial charge < -0.3 is 0 Å². The van der Waals surface area contributed by atoms with E-state index in [0.29, 0.717) is 27.8 Å². The Labute approximate surface area is 203 Å². The van der Waals surface area contributed by atoms with Crippen molar-refractivity contribution in [3.63, 3.8) is 0 Å². The molecule has 0 amide bonds. The summed E-state index contributed by atoms with van der Waals surface area (Å²) in [6, 6.07) is 16.9. The number of hydrogen-bond donors (Lipinski definition) is 0. The normalized spacial score (nSPS) is 16.0. The number of non-ortho nitro benzene ring substituents is 2. The number of nitrogens with zero attached hydrogens (tertiary/aromatic N) is 2. The summed E-state index contributed by atoms with van der Waals surface area (Å²) in [7, 11) is 1.21. The Morgan fingerprint density at radius 3 is 2.29 bits per heavy atom. The van der Waals surface area contributed by atoms with Gasteiger partial charge in [-0.15, -0.1) is 0 Å². The quantitative estimate of drug-likeness (QED) is 0.148. The first-order valence-corrected chi connectivity index (χ1v) is 12.6. The summed E-state index contributed by atoms with van der Waals surface area (Å²) in [4.78, 5) is 38.0. The second kappa shape index (κ2) is 8.57. The number of rotatable bonds is 4. The molecule has 0 bridgehead atoms. The Kier molecular flexibility index (Phi) is 5.57. The average molecular weight is 537 g/mol. The molecule has 5 rings (SSSR count). The van der Waals surface area contributed by atoms with Crippen molar-refractivity contribution in [2.75, 3.05) is 7.11 Å². The first-order chi connectivity index (χ1) is 16.4. The van der Waals surface area contributed by atoms with Gasteiger partial charge in [0.25, 0.3) is 0 Å². The minimum atomic E-state index is -0.705. The van der Waals surface area contributed by atoms with Crippen molar-refractivity contribution in [2.24, 2.45) is 0 Å². The number of carbonyl (C=O) groups excluding carboxylic acids is 1. The molecule has 0 saturated heterocycles. The number of methoxy groups -OCH3 is 1. The monoisotopic (exact) mass is 538 g/mol. The van der Waals surface area contributed by atoms with Crippen molar-refractivity contribution in [3.8, 4) is 11.1 Å². The number of fused-ring (bicyclic) bond motifs is 3. The minimum absolute atomic E-state index is 0.0594. The van der Waals surface area contributed by atoms with E-state index in [0.717, 1.165) is 14.3 Å². The van der Waals surface area contributed by atoms with Crippen LogP contribution in [0.5, 0.6) is 0 Å². The fraction of sp³-hybridized carbons (Fsp3) is 0.0417. The van der Waals surface area contributed by atoms with Crippen molar-refractivity contribution in [2.45, 2.75) is 0 Å². The summed E-state index contributed by atoms with van der Waals surface area (Å²) in [6.07, 6.45) is 0. The van der Waals surface area contributed by atoms with Crippen molar-refractivity contribution in [1.29, 1.82) is 0 Å². The average Bonchev–Trinajstić information content (AvgIpc) is 3.45. The molecule has 0 fully saturated rings. The van der Waals surface area contributed by atoms with Gasteiger partial charge in [0.1, 0.15) is 0 Å². The van der Waals surface area contributed by atoms with Crippen LogP contribution in [-0.4, -0.2) is 37.9 Å². The van der Waals surface area contributed by atoms with Gasteiger partial charge in [0.05, 0.1) is 0 Å². The van der Waals surface area contributed by atoms with E-state index < -0.39 is 15.8 Å². The van der Waals surface area contributed by atoms with Crippen molar-refractivity contribution in [3.05, 3.63) is 112 Å². The molecule has 1 aliphatic heterocycles. The summed E-state index contributed by atoms with van der Waals surface area (Å²) in [5.74, 6) is -0.705. The molecule has 0 spiro atoms. The summed E-state index contributed by atoms with van der Waals surface area (Å²) in [6.45, 7) is 0. The molecule has 0 saturated carbocycles. The first kappa shape index (κ1) is 22.1. The van der Waals surface area contributed by atoms with Crippen molar-refractivity contribution >= 4 is 54.5 Å². The molecule has 1 aliphatic carbocycles. The Morgan fingerprint density at radius 2 is 1.62 bits per heavy atom. The number of nitro benzene ring substituents is 2. The van der Waals surface area contributed by atoms with Gasteiger partial charge in [0.15, 0.2) is 0 Å². The number of ether oxygens (including phenoxy) is 1. The predicted molar refractivity (Wildman–Crippen MR) is 130 cm³/mol. The molecule has 2 aliphatic rings. The molecule has 0 atom stereocenters. The Bertz CT molecular complexity index is 1470. The molecule has 0 N–H and O–H groups in total. The van der Waals surface area contributed by atoms with Crippen LogP contribution in [0.3, 0.4) is 0 Å².